The fourth-order valence-electron chi connectivity index (χ4n) is 2.97. The van der Waals surface area contributed by atoms with E-state index in [-0.39, 0.29) is 22.8 Å². The molecule has 2 aliphatic rings. The number of fused-ring (bicyclic) bond motifs is 1. The fraction of sp³-hybridized carbons (Fsp3) is 0.500. The molecule has 1 heterocycles. The summed E-state index contributed by atoms with van der Waals surface area (Å²) >= 11 is 0. The topological polar surface area (TPSA) is 98.5 Å². The molecule has 1 saturated carbocycles. The average molecular weight is 310 g/mol. The lowest BCUT2D eigenvalue weighted by atomic mass is 10.0. The molecule has 3 N–H and O–H groups in total. The maximum atomic E-state index is 12.2. The van der Waals surface area contributed by atoms with Crippen molar-refractivity contribution in [2.75, 3.05) is 6.61 Å². The van der Waals surface area contributed by atoms with Crippen LogP contribution in [0.5, 0.6) is 5.75 Å². The van der Waals surface area contributed by atoms with Gasteiger partial charge in [0.2, 0.25) is 15.9 Å². The molecule has 1 fully saturated rings. The SMILES string of the molecule is NS(=O)(=O)c1ccc2c(c1)C(NC(=O)C1CCCC1)CO2. The van der Waals surface area contributed by atoms with Gasteiger partial charge in [0.25, 0.3) is 0 Å². The number of nitrogens with two attached hydrogens (primary N) is 1. The predicted octanol–water partition coefficient (Wildman–Crippen LogP) is 1.07. The van der Waals surface area contributed by atoms with Gasteiger partial charge in [-0.3, -0.25) is 4.79 Å². The van der Waals surface area contributed by atoms with Crippen LogP contribution >= 0.6 is 0 Å². The van der Waals surface area contributed by atoms with Gasteiger partial charge in [-0.1, -0.05) is 12.8 Å². The van der Waals surface area contributed by atoms with Gasteiger partial charge < -0.3 is 10.1 Å². The number of amides is 1. The molecule has 0 saturated heterocycles. The number of carbonyl (C=O) groups is 1. The number of benzene rings is 1. The lowest BCUT2D eigenvalue weighted by Crippen LogP contribution is -2.33. The first-order chi connectivity index (χ1) is 9.95. The van der Waals surface area contributed by atoms with Gasteiger partial charge in [0.1, 0.15) is 12.4 Å². The quantitative estimate of drug-likeness (QED) is 0.872. The zero-order valence-corrected chi connectivity index (χ0v) is 12.4. The van der Waals surface area contributed by atoms with Gasteiger partial charge >= 0.3 is 0 Å². The summed E-state index contributed by atoms with van der Waals surface area (Å²) in [6, 6.07) is 4.17. The van der Waals surface area contributed by atoms with Gasteiger partial charge in [0.05, 0.1) is 10.9 Å². The van der Waals surface area contributed by atoms with E-state index in [1.54, 1.807) is 6.07 Å². The summed E-state index contributed by atoms with van der Waals surface area (Å²) in [5, 5.41) is 8.10. The van der Waals surface area contributed by atoms with Gasteiger partial charge in [-0.15, -0.1) is 0 Å². The molecule has 1 aromatic rings. The van der Waals surface area contributed by atoms with Crippen molar-refractivity contribution >= 4 is 15.9 Å². The van der Waals surface area contributed by atoms with Crippen LogP contribution in [0, 0.1) is 5.92 Å². The molecule has 1 aliphatic heterocycles. The van der Waals surface area contributed by atoms with E-state index in [9.17, 15) is 13.2 Å². The number of carbonyl (C=O) groups excluding carboxylic acids is 1. The molecule has 0 bridgehead atoms. The normalized spacial score (nSPS) is 21.9. The smallest absolute Gasteiger partial charge is 0.238 e. The number of nitrogens with one attached hydrogen (secondary N) is 1. The number of hydrogen-bond acceptors (Lipinski definition) is 4. The second-order valence-electron chi connectivity index (χ2n) is 5.60. The van der Waals surface area contributed by atoms with Crippen LogP contribution in [-0.2, 0) is 14.8 Å². The highest BCUT2D eigenvalue weighted by Crippen LogP contribution is 2.34. The minimum atomic E-state index is -3.76. The molecule has 0 spiro atoms. The van der Waals surface area contributed by atoms with Crippen LogP contribution in [0.3, 0.4) is 0 Å². The molecule has 1 aliphatic carbocycles. The Hall–Kier alpha value is -1.60. The summed E-state index contributed by atoms with van der Waals surface area (Å²) in [5.41, 5.74) is 0.674. The molecule has 1 atom stereocenters. The first kappa shape index (κ1) is 14.3. The van der Waals surface area contributed by atoms with E-state index in [1.165, 1.54) is 12.1 Å². The summed E-state index contributed by atoms with van der Waals surface area (Å²) in [7, 11) is -3.76. The van der Waals surface area contributed by atoms with Gasteiger partial charge in [-0.25, -0.2) is 13.6 Å². The van der Waals surface area contributed by atoms with Crippen LogP contribution in [0.25, 0.3) is 0 Å². The summed E-state index contributed by atoms with van der Waals surface area (Å²) in [6.07, 6.45) is 4.02. The highest BCUT2D eigenvalue weighted by atomic mass is 32.2. The Morgan fingerprint density at radius 1 is 1.29 bits per heavy atom. The molecule has 3 rings (SSSR count). The first-order valence-corrected chi connectivity index (χ1v) is 8.60. The molecule has 1 amide bonds. The zero-order valence-electron chi connectivity index (χ0n) is 11.5. The number of ether oxygens (including phenoxy) is 1. The molecule has 0 aromatic heterocycles. The van der Waals surface area contributed by atoms with Crippen molar-refractivity contribution < 1.29 is 17.9 Å². The van der Waals surface area contributed by atoms with Crippen molar-refractivity contribution in [1.29, 1.82) is 0 Å². The average Bonchev–Trinajstić information content (AvgIpc) is 3.07. The number of sulfonamides is 1. The molecular formula is C14H18N2O4S. The van der Waals surface area contributed by atoms with Crippen LogP contribution in [0.15, 0.2) is 23.1 Å². The maximum Gasteiger partial charge on any atom is 0.238 e. The highest BCUT2D eigenvalue weighted by molar-refractivity contribution is 7.89. The van der Waals surface area contributed by atoms with Crippen molar-refractivity contribution in [3.05, 3.63) is 23.8 Å². The van der Waals surface area contributed by atoms with Gasteiger partial charge in [0.15, 0.2) is 0 Å². The van der Waals surface area contributed by atoms with Gasteiger partial charge in [-0.2, -0.15) is 0 Å². The summed E-state index contributed by atoms with van der Waals surface area (Å²) in [4.78, 5) is 12.2. The minimum absolute atomic E-state index is 0.0231. The number of primary sulfonamides is 1. The molecule has 0 radical (unpaired) electrons. The third-order valence-corrected chi connectivity index (χ3v) is 5.04. The second kappa shape index (κ2) is 5.31. The van der Waals surface area contributed by atoms with E-state index in [1.807, 2.05) is 0 Å². The molecule has 7 heteroatoms. The van der Waals surface area contributed by atoms with E-state index >= 15 is 0 Å². The molecule has 1 unspecified atom stereocenters. The Kier molecular flexibility index (Phi) is 3.62. The van der Waals surface area contributed by atoms with Crippen molar-refractivity contribution in [3.63, 3.8) is 0 Å². The number of hydrogen-bond donors (Lipinski definition) is 2. The van der Waals surface area contributed by atoms with E-state index in [2.05, 4.69) is 5.32 Å². The van der Waals surface area contributed by atoms with Crippen LogP contribution in [-0.4, -0.2) is 20.9 Å². The summed E-state index contributed by atoms with van der Waals surface area (Å²) < 4.78 is 28.3. The highest BCUT2D eigenvalue weighted by Gasteiger charge is 2.30. The predicted molar refractivity (Wildman–Crippen MR) is 76.2 cm³/mol. The van der Waals surface area contributed by atoms with Gasteiger partial charge in [-0.05, 0) is 31.0 Å². The van der Waals surface area contributed by atoms with Crippen molar-refractivity contribution in [1.82, 2.24) is 5.32 Å². The summed E-state index contributed by atoms with van der Waals surface area (Å²) in [6.45, 7) is 0.321. The lowest BCUT2D eigenvalue weighted by Gasteiger charge is -2.15. The lowest BCUT2D eigenvalue weighted by molar-refractivity contribution is -0.125. The zero-order chi connectivity index (χ0) is 15.0. The summed E-state index contributed by atoms with van der Waals surface area (Å²) in [5.74, 6) is 0.685. The van der Waals surface area contributed by atoms with E-state index < -0.39 is 10.0 Å². The van der Waals surface area contributed by atoms with E-state index in [0.29, 0.717) is 17.9 Å². The van der Waals surface area contributed by atoms with Crippen molar-refractivity contribution in [2.45, 2.75) is 36.6 Å². The standard InChI is InChI=1S/C14H18N2O4S/c15-21(18,19)10-5-6-13-11(7-10)12(8-20-13)16-14(17)9-3-1-2-4-9/h5-7,9,12H,1-4,8H2,(H,16,17)(H2,15,18,19). The molecular weight excluding hydrogens is 292 g/mol. The van der Waals surface area contributed by atoms with Crippen LogP contribution < -0.4 is 15.2 Å². The largest absolute Gasteiger partial charge is 0.491 e. The number of rotatable bonds is 3. The van der Waals surface area contributed by atoms with Crippen LogP contribution in [0.4, 0.5) is 0 Å². The Morgan fingerprint density at radius 2 is 2.00 bits per heavy atom. The molecule has 21 heavy (non-hydrogen) atoms. The third-order valence-electron chi connectivity index (χ3n) is 4.13. The van der Waals surface area contributed by atoms with E-state index in [0.717, 1.165) is 25.7 Å². The molecule has 1 aromatic carbocycles. The monoisotopic (exact) mass is 310 g/mol. The van der Waals surface area contributed by atoms with Crippen molar-refractivity contribution in [3.8, 4) is 5.75 Å². The van der Waals surface area contributed by atoms with Crippen LogP contribution in [0.2, 0.25) is 0 Å². The minimum Gasteiger partial charge on any atom is -0.491 e. The second-order valence-corrected chi connectivity index (χ2v) is 7.16. The Morgan fingerprint density at radius 3 is 2.67 bits per heavy atom. The third kappa shape index (κ3) is 2.89. The fourth-order valence-corrected chi connectivity index (χ4v) is 3.52. The maximum absolute atomic E-state index is 12.2. The van der Waals surface area contributed by atoms with Crippen molar-refractivity contribution in [2.24, 2.45) is 11.1 Å². The van der Waals surface area contributed by atoms with Gasteiger partial charge in [0, 0.05) is 11.5 Å². The molecule has 6 nitrogen and oxygen atoms in total. The Labute approximate surface area is 123 Å². The van der Waals surface area contributed by atoms with Crippen LogP contribution in [0.1, 0.15) is 37.3 Å². The molecule has 114 valence electrons. The Bertz CT molecular complexity index is 666. The first-order valence-electron chi connectivity index (χ1n) is 7.05. The van der Waals surface area contributed by atoms with E-state index in [4.69, 9.17) is 9.88 Å². The Balaban J connectivity index is 1.80.